The molecule has 2 aromatic carbocycles. The zero-order valence-electron chi connectivity index (χ0n) is 14.4. The summed E-state index contributed by atoms with van der Waals surface area (Å²) in [5.74, 6) is 0.512. The predicted molar refractivity (Wildman–Crippen MR) is 93.1 cm³/mol. The zero-order valence-corrected chi connectivity index (χ0v) is 14.4. The average Bonchev–Trinajstić information content (AvgIpc) is 2.51. The van der Waals surface area contributed by atoms with E-state index in [0.717, 1.165) is 24.2 Å². The molecule has 2 aromatic rings. The molecule has 2 atom stereocenters. The molecule has 122 valence electrons. The lowest BCUT2D eigenvalue weighted by molar-refractivity contribution is -0.0124. The predicted octanol–water partition coefficient (Wildman–Crippen LogP) is 5.91. The van der Waals surface area contributed by atoms with Gasteiger partial charge in [0.05, 0.1) is 6.10 Å². The smallest absolute Gasteiger partial charge is 0.126 e. The van der Waals surface area contributed by atoms with Gasteiger partial charge in [0.25, 0.3) is 0 Å². The van der Waals surface area contributed by atoms with Crippen molar-refractivity contribution in [2.75, 3.05) is 6.61 Å². The largest absolute Gasteiger partial charge is 0.373 e. The molecule has 1 heterocycles. The van der Waals surface area contributed by atoms with Crippen LogP contribution in [0.5, 0.6) is 0 Å². The molecule has 0 bridgehead atoms. The number of hydrogen-bond acceptors (Lipinski definition) is 1. The molecule has 1 aliphatic rings. The Morgan fingerprint density at radius 3 is 2.22 bits per heavy atom. The molecule has 3 rings (SSSR count). The summed E-state index contributed by atoms with van der Waals surface area (Å²) in [6.45, 7) is 9.09. The molecule has 1 aliphatic heterocycles. The second kappa shape index (κ2) is 6.45. The minimum absolute atomic E-state index is 0.144. The van der Waals surface area contributed by atoms with Crippen LogP contribution in [0.3, 0.4) is 0 Å². The van der Waals surface area contributed by atoms with Gasteiger partial charge in [-0.05, 0) is 79.0 Å². The molecule has 0 radical (unpaired) electrons. The van der Waals surface area contributed by atoms with Crippen molar-refractivity contribution in [1.29, 1.82) is 0 Å². The SMILES string of the molecule is Cc1ccc(-c2c(C)cc(C3CCC(C)CO3)cc2C)cc1F. The highest BCUT2D eigenvalue weighted by atomic mass is 19.1. The van der Waals surface area contributed by atoms with Crippen molar-refractivity contribution in [1.82, 2.24) is 0 Å². The van der Waals surface area contributed by atoms with E-state index < -0.39 is 0 Å². The van der Waals surface area contributed by atoms with Gasteiger partial charge in [-0.15, -0.1) is 0 Å². The molecule has 0 amide bonds. The third kappa shape index (κ3) is 3.32. The molecule has 0 aliphatic carbocycles. The van der Waals surface area contributed by atoms with E-state index >= 15 is 0 Å². The van der Waals surface area contributed by atoms with E-state index in [2.05, 4.69) is 32.9 Å². The Balaban J connectivity index is 1.95. The summed E-state index contributed by atoms with van der Waals surface area (Å²) in [4.78, 5) is 0. The van der Waals surface area contributed by atoms with Crippen molar-refractivity contribution >= 4 is 0 Å². The number of hydrogen-bond donors (Lipinski definition) is 0. The van der Waals surface area contributed by atoms with Crippen molar-refractivity contribution in [2.24, 2.45) is 5.92 Å². The quantitative estimate of drug-likeness (QED) is 0.670. The van der Waals surface area contributed by atoms with Gasteiger partial charge in [0, 0.05) is 6.61 Å². The van der Waals surface area contributed by atoms with Gasteiger partial charge in [0.15, 0.2) is 0 Å². The van der Waals surface area contributed by atoms with Gasteiger partial charge in [0.1, 0.15) is 5.82 Å². The Bertz CT molecular complexity index is 689. The minimum Gasteiger partial charge on any atom is -0.373 e. The fourth-order valence-corrected chi connectivity index (χ4v) is 3.53. The second-order valence-electron chi connectivity index (χ2n) is 7.00. The highest BCUT2D eigenvalue weighted by Gasteiger charge is 2.21. The third-order valence-corrected chi connectivity index (χ3v) is 4.89. The van der Waals surface area contributed by atoms with Gasteiger partial charge < -0.3 is 4.74 Å². The molecule has 0 aromatic heterocycles. The van der Waals surface area contributed by atoms with Crippen molar-refractivity contribution in [3.63, 3.8) is 0 Å². The van der Waals surface area contributed by atoms with Crippen molar-refractivity contribution in [3.8, 4) is 11.1 Å². The van der Waals surface area contributed by atoms with Crippen LogP contribution in [0.25, 0.3) is 11.1 Å². The highest BCUT2D eigenvalue weighted by Crippen LogP contribution is 2.35. The third-order valence-electron chi connectivity index (χ3n) is 4.89. The number of halogens is 1. The van der Waals surface area contributed by atoms with Crippen LogP contribution in [-0.2, 0) is 4.74 Å². The Morgan fingerprint density at radius 2 is 1.65 bits per heavy atom. The average molecular weight is 312 g/mol. The lowest BCUT2D eigenvalue weighted by atomic mass is 9.89. The summed E-state index contributed by atoms with van der Waals surface area (Å²) in [6.07, 6.45) is 2.50. The molecule has 0 N–H and O–H groups in total. The van der Waals surface area contributed by atoms with Crippen molar-refractivity contribution in [2.45, 2.75) is 46.6 Å². The fourth-order valence-electron chi connectivity index (χ4n) is 3.53. The maximum absolute atomic E-state index is 13.9. The van der Waals surface area contributed by atoms with Gasteiger partial charge in [-0.1, -0.05) is 31.2 Å². The van der Waals surface area contributed by atoms with Crippen LogP contribution < -0.4 is 0 Å². The topological polar surface area (TPSA) is 9.23 Å². The highest BCUT2D eigenvalue weighted by molar-refractivity contribution is 5.71. The first-order chi connectivity index (χ1) is 11.0. The maximum Gasteiger partial charge on any atom is 0.126 e. The van der Waals surface area contributed by atoms with Gasteiger partial charge in [-0.25, -0.2) is 4.39 Å². The lowest BCUT2D eigenvalue weighted by Gasteiger charge is -2.28. The number of rotatable bonds is 2. The molecule has 2 unspecified atom stereocenters. The monoisotopic (exact) mass is 312 g/mol. The van der Waals surface area contributed by atoms with Crippen molar-refractivity contribution < 1.29 is 9.13 Å². The van der Waals surface area contributed by atoms with Crippen LogP contribution >= 0.6 is 0 Å². The minimum atomic E-state index is -0.144. The summed E-state index contributed by atoms with van der Waals surface area (Å²) in [5, 5.41) is 0. The van der Waals surface area contributed by atoms with Crippen LogP contribution in [0, 0.1) is 32.5 Å². The molecule has 1 nitrogen and oxygen atoms in total. The van der Waals surface area contributed by atoms with Crippen LogP contribution in [0.2, 0.25) is 0 Å². The van der Waals surface area contributed by atoms with E-state index in [4.69, 9.17) is 4.74 Å². The van der Waals surface area contributed by atoms with Crippen LogP contribution in [-0.4, -0.2) is 6.61 Å². The summed E-state index contributed by atoms with van der Waals surface area (Å²) < 4.78 is 19.9. The van der Waals surface area contributed by atoms with Gasteiger partial charge in [0.2, 0.25) is 0 Å². The number of benzene rings is 2. The zero-order chi connectivity index (χ0) is 16.6. The van der Waals surface area contributed by atoms with Gasteiger partial charge in [-0.3, -0.25) is 0 Å². The second-order valence-corrected chi connectivity index (χ2v) is 7.00. The van der Waals surface area contributed by atoms with Crippen LogP contribution in [0.4, 0.5) is 4.39 Å². The molecule has 2 heteroatoms. The standard InChI is InChI=1S/C21H25FO/c1-13-5-8-20(23-12-13)18-9-15(3)21(16(4)10-18)17-7-6-14(2)19(22)11-17/h6-7,9-11,13,20H,5,8,12H2,1-4H3. The van der Waals surface area contributed by atoms with E-state index in [1.54, 1.807) is 13.0 Å². The molecular weight excluding hydrogens is 287 g/mol. The summed E-state index contributed by atoms with van der Waals surface area (Å²) >= 11 is 0. The number of aryl methyl sites for hydroxylation is 3. The van der Waals surface area contributed by atoms with Gasteiger partial charge in [-0.2, -0.15) is 0 Å². The molecule has 23 heavy (non-hydrogen) atoms. The summed E-state index contributed by atoms with van der Waals surface area (Å²) in [7, 11) is 0. The molecule has 0 saturated carbocycles. The van der Waals surface area contributed by atoms with Gasteiger partial charge >= 0.3 is 0 Å². The Hall–Kier alpha value is -1.67. The Labute approximate surface area is 138 Å². The Kier molecular flexibility index (Phi) is 4.54. The number of ether oxygens (including phenoxy) is 1. The van der Waals surface area contributed by atoms with Crippen LogP contribution in [0.15, 0.2) is 30.3 Å². The van der Waals surface area contributed by atoms with E-state index in [-0.39, 0.29) is 11.9 Å². The van der Waals surface area contributed by atoms with Crippen molar-refractivity contribution in [3.05, 3.63) is 58.4 Å². The van der Waals surface area contributed by atoms with E-state index in [0.29, 0.717) is 11.5 Å². The summed E-state index contributed by atoms with van der Waals surface area (Å²) in [5.41, 5.74) is 6.40. The lowest BCUT2D eigenvalue weighted by Crippen LogP contribution is -2.18. The molecule has 1 saturated heterocycles. The normalized spacial score (nSPS) is 21.4. The Morgan fingerprint density at radius 1 is 0.957 bits per heavy atom. The van der Waals surface area contributed by atoms with Crippen LogP contribution in [0.1, 0.15) is 48.1 Å². The van der Waals surface area contributed by atoms with E-state index in [1.807, 2.05) is 12.1 Å². The first kappa shape index (κ1) is 16.2. The molecule has 1 fully saturated rings. The summed E-state index contributed by atoms with van der Waals surface area (Å²) in [6, 6.07) is 9.92. The maximum atomic E-state index is 13.9. The first-order valence-electron chi connectivity index (χ1n) is 8.45. The first-order valence-corrected chi connectivity index (χ1v) is 8.45. The molecule has 0 spiro atoms. The fraction of sp³-hybridized carbons (Fsp3) is 0.429. The van der Waals surface area contributed by atoms with E-state index in [9.17, 15) is 4.39 Å². The van der Waals surface area contributed by atoms with E-state index in [1.165, 1.54) is 23.1 Å². The molecular formula is C21H25FO.